The predicted molar refractivity (Wildman–Crippen MR) is 134 cm³/mol. The molecule has 0 fully saturated rings. The quantitative estimate of drug-likeness (QED) is 0.311. The topological polar surface area (TPSA) is 67.2 Å². The molecule has 0 radical (unpaired) electrons. The van der Waals surface area contributed by atoms with E-state index in [1.165, 1.54) is 0 Å². The Morgan fingerprint density at radius 2 is 1.75 bits per heavy atom. The lowest BCUT2D eigenvalue weighted by molar-refractivity contribution is 0.0978. The van der Waals surface area contributed by atoms with E-state index in [0.717, 1.165) is 39.0 Å². The molecule has 0 unspecified atom stereocenters. The molecule has 4 aromatic rings. The first kappa shape index (κ1) is 22.3. The van der Waals surface area contributed by atoms with Crippen molar-refractivity contribution in [1.29, 1.82) is 0 Å². The molecule has 8 heteroatoms. The van der Waals surface area contributed by atoms with Gasteiger partial charge in [0.05, 0.1) is 15.6 Å². The fourth-order valence-corrected chi connectivity index (χ4v) is 3.79. The fourth-order valence-electron chi connectivity index (χ4n) is 3.20. The Bertz CT molecular complexity index is 1340. The van der Waals surface area contributed by atoms with Gasteiger partial charge in [0.2, 0.25) is 5.89 Å². The molecule has 32 heavy (non-hydrogen) atoms. The van der Waals surface area contributed by atoms with Crippen molar-refractivity contribution >= 4 is 63.2 Å². The second kappa shape index (κ2) is 8.90. The Hall–Kier alpha value is -2.93. The van der Waals surface area contributed by atoms with Crippen LogP contribution in [-0.2, 0) is 0 Å². The maximum atomic E-state index is 12.5. The number of anilines is 1. The minimum atomic E-state index is -0.450. The molecular weight excluding hydrogens is 465 g/mol. The van der Waals surface area contributed by atoms with Gasteiger partial charge in [-0.15, -0.1) is 0 Å². The molecule has 4 rings (SSSR count). The van der Waals surface area contributed by atoms with Gasteiger partial charge in [0.15, 0.2) is 10.7 Å². The normalized spacial score (nSPS) is 10.9. The van der Waals surface area contributed by atoms with Gasteiger partial charge >= 0.3 is 0 Å². The highest BCUT2D eigenvalue weighted by Crippen LogP contribution is 2.29. The largest absolute Gasteiger partial charge is 0.436 e. The van der Waals surface area contributed by atoms with Gasteiger partial charge in [-0.1, -0.05) is 35.3 Å². The lowest BCUT2D eigenvalue weighted by Crippen LogP contribution is -2.34. The average Bonchev–Trinajstić information content (AvgIpc) is 3.14. The van der Waals surface area contributed by atoms with Crippen LogP contribution in [0.1, 0.15) is 27.0 Å². The first-order valence-electron chi connectivity index (χ1n) is 9.78. The number of benzene rings is 3. The molecule has 0 saturated carbocycles. The number of oxazole rings is 1. The lowest BCUT2D eigenvalue weighted by Gasteiger charge is -2.13. The van der Waals surface area contributed by atoms with Crippen LogP contribution in [0.5, 0.6) is 0 Å². The molecule has 0 aliphatic carbocycles. The number of fused-ring (bicyclic) bond motifs is 1. The Morgan fingerprint density at radius 3 is 2.53 bits per heavy atom. The van der Waals surface area contributed by atoms with Crippen LogP contribution in [-0.4, -0.2) is 16.0 Å². The number of nitrogens with zero attached hydrogens (tertiary/aromatic N) is 1. The van der Waals surface area contributed by atoms with Gasteiger partial charge < -0.3 is 9.73 Å². The number of thiocarbonyl (C=S) groups is 1. The van der Waals surface area contributed by atoms with Crippen LogP contribution >= 0.6 is 35.4 Å². The number of rotatable bonds is 3. The SMILES string of the molecule is Cc1cc2nc(-c3ccc(C)c(NC(=S)NC(=O)c4cccc(Cl)c4Cl)c3)oc2cc1C. The van der Waals surface area contributed by atoms with Crippen LogP contribution in [0.3, 0.4) is 0 Å². The second-order valence-corrected chi connectivity index (χ2v) is 8.66. The van der Waals surface area contributed by atoms with Crippen LogP contribution in [0.25, 0.3) is 22.6 Å². The molecule has 2 N–H and O–H groups in total. The summed E-state index contributed by atoms with van der Waals surface area (Å²) in [6, 6.07) is 14.6. The van der Waals surface area contributed by atoms with Gasteiger partial charge in [-0.25, -0.2) is 4.98 Å². The molecule has 1 amide bonds. The maximum absolute atomic E-state index is 12.5. The smallest absolute Gasteiger partial charge is 0.258 e. The summed E-state index contributed by atoms with van der Waals surface area (Å²) < 4.78 is 5.97. The van der Waals surface area contributed by atoms with Gasteiger partial charge in [0.25, 0.3) is 5.91 Å². The van der Waals surface area contributed by atoms with Gasteiger partial charge in [-0.3, -0.25) is 10.1 Å². The highest BCUT2D eigenvalue weighted by Gasteiger charge is 2.15. The highest BCUT2D eigenvalue weighted by atomic mass is 35.5. The summed E-state index contributed by atoms with van der Waals surface area (Å²) >= 11 is 17.4. The van der Waals surface area contributed by atoms with E-state index >= 15 is 0 Å². The molecule has 0 aliphatic heterocycles. The Kier molecular flexibility index (Phi) is 6.20. The van der Waals surface area contributed by atoms with Crippen LogP contribution < -0.4 is 10.6 Å². The molecule has 0 saturated heterocycles. The van der Waals surface area contributed by atoms with E-state index in [9.17, 15) is 4.79 Å². The zero-order chi connectivity index (χ0) is 23.0. The lowest BCUT2D eigenvalue weighted by atomic mass is 10.1. The van der Waals surface area contributed by atoms with E-state index in [1.807, 2.05) is 51.1 Å². The number of aromatic nitrogens is 1. The number of halogens is 2. The maximum Gasteiger partial charge on any atom is 0.258 e. The van der Waals surface area contributed by atoms with E-state index in [2.05, 4.69) is 15.6 Å². The molecule has 3 aromatic carbocycles. The predicted octanol–water partition coefficient (Wildman–Crippen LogP) is 6.85. The molecule has 5 nitrogen and oxygen atoms in total. The third-order valence-corrected chi connectivity index (χ3v) is 6.18. The van der Waals surface area contributed by atoms with E-state index < -0.39 is 5.91 Å². The third kappa shape index (κ3) is 4.48. The summed E-state index contributed by atoms with van der Waals surface area (Å²) in [7, 11) is 0. The van der Waals surface area contributed by atoms with Crippen LogP contribution in [0.15, 0.2) is 52.9 Å². The number of hydrogen-bond acceptors (Lipinski definition) is 4. The summed E-state index contributed by atoms with van der Waals surface area (Å²) in [6.45, 7) is 6.02. The van der Waals surface area contributed by atoms with E-state index in [4.69, 9.17) is 39.8 Å². The van der Waals surface area contributed by atoms with Gasteiger partial charge in [-0.05, 0) is 86.1 Å². The molecule has 0 aliphatic rings. The van der Waals surface area contributed by atoms with Crippen LogP contribution in [0, 0.1) is 20.8 Å². The molecule has 0 bridgehead atoms. The van der Waals surface area contributed by atoms with Crippen LogP contribution in [0.2, 0.25) is 10.0 Å². The van der Waals surface area contributed by atoms with Crippen molar-refractivity contribution in [3.8, 4) is 11.5 Å². The zero-order valence-electron chi connectivity index (χ0n) is 17.5. The summed E-state index contributed by atoms with van der Waals surface area (Å²) in [5.74, 6) is 0.0576. The van der Waals surface area contributed by atoms with Crippen LogP contribution in [0.4, 0.5) is 5.69 Å². The van der Waals surface area contributed by atoms with E-state index in [-0.39, 0.29) is 15.7 Å². The minimum absolute atomic E-state index is 0.134. The van der Waals surface area contributed by atoms with Crippen molar-refractivity contribution < 1.29 is 9.21 Å². The number of nitrogens with one attached hydrogen (secondary N) is 2. The molecule has 1 heterocycles. The molecule has 0 atom stereocenters. The molecule has 1 aromatic heterocycles. The van der Waals surface area contributed by atoms with Crippen molar-refractivity contribution in [2.75, 3.05) is 5.32 Å². The van der Waals surface area contributed by atoms with Gasteiger partial charge in [0, 0.05) is 11.3 Å². The molecular formula is C24H19Cl2N3O2S. The number of aryl methyl sites for hydroxylation is 3. The Labute approximate surface area is 200 Å². The van der Waals surface area contributed by atoms with Gasteiger partial charge in [-0.2, -0.15) is 0 Å². The monoisotopic (exact) mass is 483 g/mol. The van der Waals surface area contributed by atoms with Crippen molar-refractivity contribution in [2.24, 2.45) is 0 Å². The number of carbonyl (C=O) groups excluding carboxylic acids is 1. The molecule has 0 spiro atoms. The summed E-state index contributed by atoms with van der Waals surface area (Å²) in [5, 5.41) is 6.30. The minimum Gasteiger partial charge on any atom is -0.436 e. The number of carbonyl (C=O) groups is 1. The number of hydrogen-bond donors (Lipinski definition) is 2. The Morgan fingerprint density at radius 1 is 1.00 bits per heavy atom. The summed E-state index contributed by atoms with van der Waals surface area (Å²) in [4.78, 5) is 17.2. The third-order valence-electron chi connectivity index (χ3n) is 5.16. The first-order valence-corrected chi connectivity index (χ1v) is 10.9. The summed E-state index contributed by atoms with van der Waals surface area (Å²) in [6.07, 6.45) is 0. The van der Waals surface area contributed by atoms with Crippen molar-refractivity contribution in [3.05, 3.63) is 80.8 Å². The number of amides is 1. The van der Waals surface area contributed by atoms with Crippen molar-refractivity contribution in [3.63, 3.8) is 0 Å². The Balaban J connectivity index is 1.56. The van der Waals surface area contributed by atoms with Crippen molar-refractivity contribution in [2.45, 2.75) is 20.8 Å². The second-order valence-electron chi connectivity index (χ2n) is 7.46. The van der Waals surface area contributed by atoms with E-state index in [1.54, 1.807) is 18.2 Å². The molecule has 162 valence electrons. The van der Waals surface area contributed by atoms with E-state index in [0.29, 0.717) is 10.9 Å². The highest BCUT2D eigenvalue weighted by molar-refractivity contribution is 7.80. The average molecular weight is 484 g/mol. The van der Waals surface area contributed by atoms with Gasteiger partial charge in [0.1, 0.15) is 5.52 Å². The standard InChI is InChI=1S/C24H19Cl2N3O2S/c1-12-7-8-15(23-27-19-9-13(2)14(3)10-20(19)31-23)11-18(12)28-24(32)29-22(30)16-5-4-6-17(25)21(16)26/h4-11H,1-3H3,(H2,28,29,30,32). The zero-order valence-corrected chi connectivity index (χ0v) is 19.9. The summed E-state index contributed by atoms with van der Waals surface area (Å²) in [5.41, 5.74) is 6.53. The fraction of sp³-hybridized carbons (Fsp3) is 0.125. The van der Waals surface area contributed by atoms with Crippen molar-refractivity contribution in [1.82, 2.24) is 10.3 Å². The first-order chi connectivity index (χ1) is 15.2.